The van der Waals surface area contributed by atoms with E-state index in [2.05, 4.69) is 30.6 Å². The van der Waals surface area contributed by atoms with E-state index >= 15 is 0 Å². The van der Waals surface area contributed by atoms with Crippen molar-refractivity contribution in [2.45, 2.75) is 0 Å². The zero-order valence-corrected chi connectivity index (χ0v) is 13.8. The number of fused-ring (bicyclic) bond motifs is 3. The molecule has 8 nitrogen and oxygen atoms in total. The molecule has 2 aromatic heterocycles. The molecular weight excluding hydrogens is 332 g/mol. The molecule has 0 aliphatic rings. The van der Waals surface area contributed by atoms with Crippen LogP contribution in [0.5, 0.6) is 0 Å². The Labute approximate surface area is 148 Å². The van der Waals surface area contributed by atoms with Crippen LogP contribution in [0.3, 0.4) is 0 Å². The lowest BCUT2D eigenvalue weighted by Gasteiger charge is -2.06. The van der Waals surface area contributed by atoms with Gasteiger partial charge >= 0.3 is 5.97 Å². The molecule has 128 valence electrons. The molecule has 8 heteroatoms. The second-order valence-electron chi connectivity index (χ2n) is 5.48. The number of nitrogens with zero attached hydrogens (tertiary/aromatic N) is 5. The van der Waals surface area contributed by atoms with Crippen molar-refractivity contribution in [3.63, 3.8) is 0 Å². The summed E-state index contributed by atoms with van der Waals surface area (Å²) in [4.78, 5) is 11.4. The molecule has 0 spiro atoms. The number of hydrogen-bond donors (Lipinski definition) is 1. The van der Waals surface area contributed by atoms with Crippen LogP contribution in [0, 0.1) is 0 Å². The Bertz CT molecular complexity index is 1120. The number of rotatable bonds is 4. The standard InChI is InChI=1S/C18H14N6O2/c1-26-18(25)13-8-6-12(7-9-13)10-19-21-16-14-4-2-3-5-15(14)17-22-20-11-24(17)23-16/h2-11H,1H3,(H,21,23)/b19-10-. The molecule has 0 saturated heterocycles. The van der Waals surface area contributed by atoms with Crippen molar-refractivity contribution in [2.75, 3.05) is 12.5 Å². The molecule has 4 rings (SSSR count). The largest absolute Gasteiger partial charge is 0.465 e. The number of esters is 1. The van der Waals surface area contributed by atoms with E-state index in [-0.39, 0.29) is 5.97 Å². The minimum Gasteiger partial charge on any atom is -0.465 e. The molecule has 0 aliphatic heterocycles. The number of nitrogens with one attached hydrogen (secondary N) is 1. The molecule has 0 bridgehead atoms. The maximum Gasteiger partial charge on any atom is 0.337 e. The number of hydrogen-bond acceptors (Lipinski definition) is 7. The van der Waals surface area contributed by atoms with E-state index < -0.39 is 0 Å². The molecule has 0 saturated carbocycles. The Balaban J connectivity index is 1.61. The molecule has 0 aliphatic carbocycles. The van der Waals surface area contributed by atoms with Gasteiger partial charge in [-0.05, 0) is 17.7 Å². The predicted octanol–water partition coefficient (Wildman–Crippen LogP) is 2.51. The number of aromatic nitrogens is 4. The van der Waals surface area contributed by atoms with Crippen LogP contribution in [0.15, 0.2) is 60.0 Å². The van der Waals surface area contributed by atoms with E-state index in [1.54, 1.807) is 41.3 Å². The van der Waals surface area contributed by atoms with Gasteiger partial charge in [0.15, 0.2) is 11.5 Å². The summed E-state index contributed by atoms with van der Waals surface area (Å²) in [5.41, 5.74) is 4.97. The first-order valence-electron chi connectivity index (χ1n) is 7.82. The third-order valence-corrected chi connectivity index (χ3v) is 3.88. The first-order valence-corrected chi connectivity index (χ1v) is 7.82. The van der Waals surface area contributed by atoms with Gasteiger partial charge in [-0.15, -0.1) is 15.3 Å². The Morgan fingerprint density at radius 3 is 2.69 bits per heavy atom. The highest BCUT2D eigenvalue weighted by Crippen LogP contribution is 2.23. The number of carbonyl (C=O) groups is 1. The number of ether oxygens (including phenoxy) is 1. The van der Waals surface area contributed by atoms with Crippen molar-refractivity contribution in [1.82, 2.24) is 19.8 Å². The van der Waals surface area contributed by atoms with Gasteiger partial charge in [0.25, 0.3) is 0 Å². The minimum atomic E-state index is -0.371. The number of benzene rings is 2. The molecule has 26 heavy (non-hydrogen) atoms. The Morgan fingerprint density at radius 1 is 1.15 bits per heavy atom. The number of methoxy groups -OCH3 is 1. The molecule has 1 N–H and O–H groups in total. The van der Waals surface area contributed by atoms with Gasteiger partial charge < -0.3 is 4.74 Å². The van der Waals surface area contributed by atoms with Gasteiger partial charge in [-0.1, -0.05) is 36.4 Å². The second kappa shape index (κ2) is 6.60. The molecule has 4 aromatic rings. The van der Waals surface area contributed by atoms with Crippen LogP contribution in [-0.2, 0) is 4.74 Å². The summed E-state index contributed by atoms with van der Waals surface area (Å²) in [5.74, 6) is 0.222. The SMILES string of the molecule is COC(=O)c1ccc(/C=N\Nc2nn3cnnc3c3ccccc23)cc1. The summed E-state index contributed by atoms with van der Waals surface area (Å²) < 4.78 is 6.28. The summed E-state index contributed by atoms with van der Waals surface area (Å²) >= 11 is 0. The Kier molecular flexibility index (Phi) is 3.98. The van der Waals surface area contributed by atoms with E-state index in [0.29, 0.717) is 17.0 Å². The van der Waals surface area contributed by atoms with E-state index in [1.165, 1.54) is 7.11 Å². The minimum absolute atomic E-state index is 0.371. The Hall–Kier alpha value is -3.81. The highest BCUT2D eigenvalue weighted by Gasteiger charge is 2.09. The van der Waals surface area contributed by atoms with Crippen LogP contribution < -0.4 is 5.43 Å². The van der Waals surface area contributed by atoms with E-state index in [1.807, 2.05) is 24.3 Å². The average Bonchev–Trinajstić information content (AvgIpc) is 3.17. The van der Waals surface area contributed by atoms with Gasteiger partial charge in [0, 0.05) is 10.8 Å². The lowest BCUT2D eigenvalue weighted by Crippen LogP contribution is -2.01. The van der Waals surface area contributed by atoms with Gasteiger partial charge in [0.1, 0.15) is 6.33 Å². The van der Waals surface area contributed by atoms with Crippen LogP contribution in [0.4, 0.5) is 5.82 Å². The van der Waals surface area contributed by atoms with Crippen LogP contribution in [-0.4, -0.2) is 39.1 Å². The molecule has 0 unspecified atom stereocenters. The molecule has 0 fully saturated rings. The molecule has 0 radical (unpaired) electrons. The van der Waals surface area contributed by atoms with Crippen molar-refractivity contribution < 1.29 is 9.53 Å². The van der Waals surface area contributed by atoms with Crippen molar-refractivity contribution in [2.24, 2.45) is 5.10 Å². The topological polar surface area (TPSA) is 93.8 Å². The normalized spacial score (nSPS) is 11.3. The van der Waals surface area contributed by atoms with E-state index in [0.717, 1.165) is 16.3 Å². The summed E-state index contributed by atoms with van der Waals surface area (Å²) in [6, 6.07) is 14.7. The van der Waals surface area contributed by atoms with Gasteiger partial charge in [-0.2, -0.15) is 9.62 Å². The lowest BCUT2D eigenvalue weighted by molar-refractivity contribution is 0.0600. The zero-order chi connectivity index (χ0) is 17.9. The van der Waals surface area contributed by atoms with Crippen LogP contribution in [0.25, 0.3) is 16.4 Å². The van der Waals surface area contributed by atoms with Gasteiger partial charge in [0.2, 0.25) is 0 Å². The highest BCUT2D eigenvalue weighted by atomic mass is 16.5. The van der Waals surface area contributed by atoms with Crippen molar-refractivity contribution >= 4 is 34.4 Å². The monoisotopic (exact) mass is 346 g/mol. The van der Waals surface area contributed by atoms with Crippen LogP contribution in [0.1, 0.15) is 15.9 Å². The maximum atomic E-state index is 11.4. The van der Waals surface area contributed by atoms with Crippen molar-refractivity contribution in [3.05, 3.63) is 66.0 Å². The number of carbonyl (C=O) groups excluding carboxylic acids is 1. The van der Waals surface area contributed by atoms with Gasteiger partial charge in [-0.3, -0.25) is 5.43 Å². The Morgan fingerprint density at radius 2 is 1.92 bits per heavy atom. The number of anilines is 1. The van der Waals surface area contributed by atoms with Crippen LogP contribution in [0.2, 0.25) is 0 Å². The second-order valence-corrected chi connectivity index (χ2v) is 5.48. The first-order chi connectivity index (χ1) is 12.8. The molecule has 0 amide bonds. The molecule has 2 heterocycles. The lowest BCUT2D eigenvalue weighted by atomic mass is 10.1. The number of hydrazone groups is 1. The van der Waals surface area contributed by atoms with Gasteiger partial charge in [0.05, 0.1) is 18.9 Å². The molecule has 2 aromatic carbocycles. The predicted molar refractivity (Wildman–Crippen MR) is 97.3 cm³/mol. The third kappa shape index (κ3) is 2.84. The zero-order valence-electron chi connectivity index (χ0n) is 13.8. The maximum absolute atomic E-state index is 11.4. The highest BCUT2D eigenvalue weighted by molar-refractivity contribution is 6.00. The first kappa shape index (κ1) is 15.7. The van der Waals surface area contributed by atoms with E-state index in [9.17, 15) is 4.79 Å². The third-order valence-electron chi connectivity index (χ3n) is 3.88. The average molecular weight is 346 g/mol. The van der Waals surface area contributed by atoms with Crippen molar-refractivity contribution in [3.8, 4) is 0 Å². The van der Waals surface area contributed by atoms with Crippen molar-refractivity contribution in [1.29, 1.82) is 0 Å². The van der Waals surface area contributed by atoms with E-state index in [4.69, 9.17) is 0 Å². The fourth-order valence-corrected chi connectivity index (χ4v) is 2.60. The van der Waals surface area contributed by atoms with Crippen LogP contribution >= 0.6 is 0 Å². The van der Waals surface area contributed by atoms with Gasteiger partial charge in [-0.25, -0.2) is 4.79 Å². The summed E-state index contributed by atoms with van der Waals surface area (Å²) in [6.45, 7) is 0. The fourth-order valence-electron chi connectivity index (χ4n) is 2.60. The summed E-state index contributed by atoms with van der Waals surface area (Å²) in [5, 5.41) is 18.5. The summed E-state index contributed by atoms with van der Waals surface area (Å²) in [6.07, 6.45) is 3.19. The summed E-state index contributed by atoms with van der Waals surface area (Å²) in [7, 11) is 1.35. The quantitative estimate of drug-likeness (QED) is 0.347. The fraction of sp³-hybridized carbons (Fsp3) is 0.0556. The molecular formula is C18H14N6O2. The smallest absolute Gasteiger partial charge is 0.337 e. The molecule has 0 atom stereocenters.